The number of rotatable bonds is 4. The molecule has 0 bridgehead atoms. The van der Waals surface area contributed by atoms with Crippen molar-refractivity contribution in [1.82, 2.24) is 5.32 Å². The van der Waals surface area contributed by atoms with Crippen molar-refractivity contribution in [2.75, 3.05) is 19.0 Å². The molecule has 0 aromatic heterocycles. The van der Waals surface area contributed by atoms with Crippen LogP contribution >= 0.6 is 0 Å². The Morgan fingerprint density at radius 2 is 1.95 bits per heavy atom. The first-order chi connectivity index (χ1) is 9.11. The van der Waals surface area contributed by atoms with E-state index in [-0.39, 0.29) is 5.82 Å². The Kier molecular flexibility index (Phi) is 4.81. The maximum Gasteiger partial charge on any atom is 0.146 e. The molecule has 1 aromatic rings. The van der Waals surface area contributed by atoms with Crippen molar-refractivity contribution in [3.8, 4) is 0 Å². The van der Waals surface area contributed by atoms with E-state index in [1.807, 2.05) is 26.2 Å². The van der Waals surface area contributed by atoms with Crippen LogP contribution in [0.3, 0.4) is 0 Å². The van der Waals surface area contributed by atoms with Crippen LogP contribution in [0.4, 0.5) is 10.1 Å². The monoisotopic (exact) mass is 264 g/mol. The highest BCUT2D eigenvalue weighted by Crippen LogP contribution is 2.30. The molecule has 0 heterocycles. The molecule has 0 saturated heterocycles. The van der Waals surface area contributed by atoms with Gasteiger partial charge in [-0.2, -0.15) is 0 Å². The third-order valence-electron chi connectivity index (χ3n) is 4.31. The molecule has 1 aliphatic carbocycles. The molecule has 3 heteroatoms. The minimum atomic E-state index is -0.103. The van der Waals surface area contributed by atoms with E-state index in [4.69, 9.17) is 0 Å². The predicted molar refractivity (Wildman–Crippen MR) is 79.0 cm³/mol. The van der Waals surface area contributed by atoms with Crippen LogP contribution in [0, 0.1) is 11.7 Å². The molecule has 0 amide bonds. The van der Waals surface area contributed by atoms with E-state index in [1.165, 1.54) is 25.7 Å². The minimum absolute atomic E-state index is 0.103. The fraction of sp³-hybridized carbons (Fsp3) is 0.625. The summed E-state index contributed by atoms with van der Waals surface area (Å²) in [5, 5.41) is 3.05. The summed E-state index contributed by atoms with van der Waals surface area (Å²) in [5.41, 5.74) is 1.73. The topological polar surface area (TPSA) is 15.3 Å². The maximum absolute atomic E-state index is 14.2. The van der Waals surface area contributed by atoms with Gasteiger partial charge in [0.25, 0.3) is 0 Å². The van der Waals surface area contributed by atoms with Gasteiger partial charge in [0.05, 0.1) is 5.69 Å². The summed E-state index contributed by atoms with van der Waals surface area (Å²) >= 11 is 0. The van der Waals surface area contributed by atoms with Gasteiger partial charge in [-0.05, 0) is 56.3 Å². The molecule has 0 unspecified atom stereocenters. The molecule has 0 aliphatic heterocycles. The normalized spacial score (nSPS) is 23.4. The minimum Gasteiger partial charge on any atom is -0.369 e. The lowest BCUT2D eigenvalue weighted by Gasteiger charge is -2.35. The molecule has 1 fully saturated rings. The zero-order valence-corrected chi connectivity index (χ0v) is 12.2. The quantitative estimate of drug-likeness (QED) is 0.894. The predicted octanol–water partition coefficient (Wildman–Crippen LogP) is 3.56. The maximum atomic E-state index is 14.2. The van der Waals surface area contributed by atoms with E-state index in [2.05, 4.69) is 17.1 Å². The number of hydrogen-bond donors (Lipinski definition) is 1. The van der Waals surface area contributed by atoms with Crippen molar-refractivity contribution in [2.24, 2.45) is 5.92 Å². The van der Waals surface area contributed by atoms with Gasteiger partial charge in [0, 0.05) is 19.6 Å². The molecule has 2 rings (SSSR count). The highest BCUT2D eigenvalue weighted by atomic mass is 19.1. The van der Waals surface area contributed by atoms with Gasteiger partial charge in [0.2, 0.25) is 0 Å². The Morgan fingerprint density at radius 3 is 2.53 bits per heavy atom. The molecular weight excluding hydrogens is 239 g/mol. The van der Waals surface area contributed by atoms with Gasteiger partial charge in [-0.1, -0.05) is 13.0 Å². The second kappa shape index (κ2) is 6.38. The Balaban J connectivity index is 2.08. The van der Waals surface area contributed by atoms with E-state index in [1.54, 1.807) is 6.07 Å². The van der Waals surface area contributed by atoms with Crippen molar-refractivity contribution in [1.29, 1.82) is 0 Å². The molecule has 0 atom stereocenters. The highest BCUT2D eigenvalue weighted by Gasteiger charge is 2.23. The number of benzene rings is 1. The molecule has 106 valence electrons. The van der Waals surface area contributed by atoms with Gasteiger partial charge >= 0.3 is 0 Å². The largest absolute Gasteiger partial charge is 0.369 e. The van der Waals surface area contributed by atoms with Crippen LogP contribution in [0.2, 0.25) is 0 Å². The standard InChI is InChI=1S/C16H25FN2/c1-12-4-7-14(8-5-12)19(3)16-9-6-13(11-18-2)10-15(16)17/h6,9-10,12,14,18H,4-5,7-8,11H2,1-3H3. The van der Waals surface area contributed by atoms with Crippen molar-refractivity contribution >= 4 is 5.69 Å². The lowest BCUT2D eigenvalue weighted by atomic mass is 9.86. The van der Waals surface area contributed by atoms with Crippen LogP contribution < -0.4 is 10.2 Å². The van der Waals surface area contributed by atoms with Gasteiger partial charge < -0.3 is 10.2 Å². The number of nitrogens with zero attached hydrogens (tertiary/aromatic N) is 1. The molecule has 2 nitrogen and oxygen atoms in total. The molecule has 19 heavy (non-hydrogen) atoms. The van der Waals surface area contributed by atoms with Crippen LogP contribution in [0.5, 0.6) is 0 Å². The number of nitrogens with one attached hydrogen (secondary N) is 1. The average Bonchev–Trinajstić information content (AvgIpc) is 2.39. The molecule has 1 saturated carbocycles. The molecule has 0 radical (unpaired) electrons. The summed E-state index contributed by atoms with van der Waals surface area (Å²) in [6.07, 6.45) is 4.87. The lowest BCUT2D eigenvalue weighted by molar-refractivity contribution is 0.339. The zero-order valence-electron chi connectivity index (χ0n) is 12.2. The summed E-state index contributed by atoms with van der Waals surface area (Å²) in [6.45, 7) is 3.02. The van der Waals surface area contributed by atoms with E-state index in [0.717, 1.165) is 17.2 Å². The fourth-order valence-corrected chi connectivity index (χ4v) is 2.98. The van der Waals surface area contributed by atoms with Gasteiger partial charge in [0.1, 0.15) is 5.82 Å². The fourth-order valence-electron chi connectivity index (χ4n) is 2.98. The summed E-state index contributed by atoms with van der Waals surface area (Å²) in [4.78, 5) is 2.13. The van der Waals surface area contributed by atoms with E-state index in [9.17, 15) is 4.39 Å². The molecule has 1 aliphatic rings. The van der Waals surface area contributed by atoms with Gasteiger partial charge in [-0.15, -0.1) is 0 Å². The Morgan fingerprint density at radius 1 is 1.26 bits per heavy atom. The molecule has 1 N–H and O–H groups in total. The number of anilines is 1. The molecular formula is C16H25FN2. The van der Waals surface area contributed by atoms with E-state index >= 15 is 0 Å². The second-order valence-corrected chi connectivity index (χ2v) is 5.84. The Labute approximate surface area is 116 Å². The van der Waals surface area contributed by atoms with Gasteiger partial charge in [0.15, 0.2) is 0 Å². The third-order valence-corrected chi connectivity index (χ3v) is 4.31. The first-order valence-electron chi connectivity index (χ1n) is 7.27. The molecule has 1 aromatic carbocycles. The van der Waals surface area contributed by atoms with E-state index < -0.39 is 0 Å². The van der Waals surface area contributed by atoms with E-state index in [0.29, 0.717) is 12.6 Å². The average molecular weight is 264 g/mol. The highest BCUT2D eigenvalue weighted by molar-refractivity contribution is 5.49. The third kappa shape index (κ3) is 3.47. The lowest BCUT2D eigenvalue weighted by Crippen LogP contribution is -2.35. The number of halogens is 1. The van der Waals surface area contributed by atoms with Crippen molar-refractivity contribution in [3.05, 3.63) is 29.6 Å². The van der Waals surface area contributed by atoms with Gasteiger partial charge in [-0.3, -0.25) is 0 Å². The summed E-state index contributed by atoms with van der Waals surface area (Å²) in [5.74, 6) is 0.723. The zero-order chi connectivity index (χ0) is 13.8. The number of hydrogen-bond acceptors (Lipinski definition) is 2. The first-order valence-corrected chi connectivity index (χ1v) is 7.27. The van der Waals surface area contributed by atoms with Crippen LogP contribution in [0.25, 0.3) is 0 Å². The van der Waals surface area contributed by atoms with Gasteiger partial charge in [-0.25, -0.2) is 4.39 Å². The smallest absolute Gasteiger partial charge is 0.146 e. The van der Waals surface area contributed by atoms with Crippen molar-refractivity contribution in [3.63, 3.8) is 0 Å². The second-order valence-electron chi connectivity index (χ2n) is 5.84. The van der Waals surface area contributed by atoms with Crippen LogP contribution in [-0.2, 0) is 6.54 Å². The Hall–Kier alpha value is -1.09. The Bertz CT molecular complexity index is 411. The van der Waals surface area contributed by atoms with Crippen LogP contribution in [0.1, 0.15) is 38.2 Å². The first kappa shape index (κ1) is 14.3. The summed E-state index contributed by atoms with van der Waals surface area (Å²) < 4.78 is 14.2. The van der Waals surface area contributed by atoms with Crippen molar-refractivity contribution < 1.29 is 4.39 Å². The summed E-state index contributed by atoms with van der Waals surface area (Å²) in [6, 6.07) is 6.06. The van der Waals surface area contributed by atoms with Crippen LogP contribution in [-0.4, -0.2) is 20.1 Å². The SMILES string of the molecule is CNCc1ccc(N(C)C2CCC(C)CC2)c(F)c1. The molecule has 0 spiro atoms. The van der Waals surface area contributed by atoms with Crippen molar-refractivity contribution in [2.45, 2.75) is 45.2 Å². The summed E-state index contributed by atoms with van der Waals surface area (Å²) in [7, 11) is 3.90. The van der Waals surface area contributed by atoms with Crippen LogP contribution in [0.15, 0.2) is 18.2 Å².